The third-order valence-electron chi connectivity index (χ3n) is 4.12. The van der Waals surface area contributed by atoms with Crippen LogP contribution in [0.1, 0.15) is 25.2 Å². The number of allylic oxidation sites excluding steroid dienone is 3. The molecule has 114 valence electrons. The number of hydrogen-bond acceptors (Lipinski definition) is 3. The Morgan fingerprint density at radius 3 is 3.14 bits per heavy atom. The van der Waals surface area contributed by atoms with Crippen molar-refractivity contribution in [1.82, 2.24) is 14.9 Å². The Bertz CT molecular complexity index is 706. The summed E-state index contributed by atoms with van der Waals surface area (Å²) in [6, 6.07) is 0. The van der Waals surface area contributed by atoms with Gasteiger partial charge < -0.3 is 9.88 Å². The average molecular weight is 296 g/mol. The molecule has 2 aliphatic rings. The van der Waals surface area contributed by atoms with Gasteiger partial charge in [0.25, 0.3) is 5.91 Å². The van der Waals surface area contributed by atoms with Crippen molar-refractivity contribution in [1.29, 1.82) is 0 Å². The summed E-state index contributed by atoms with van der Waals surface area (Å²) in [5.41, 5.74) is 4.98. The average Bonchev–Trinajstić information content (AvgIpc) is 3.19. The Morgan fingerprint density at radius 1 is 1.45 bits per heavy atom. The molecule has 0 atom stereocenters. The van der Waals surface area contributed by atoms with Crippen LogP contribution in [0.3, 0.4) is 0 Å². The summed E-state index contributed by atoms with van der Waals surface area (Å²) < 4.78 is 0. The third-order valence-corrected chi connectivity index (χ3v) is 4.12. The standard InChI is InChI=1S/C17H20N4O/c1-3-12(2)4-5-13-8-18-9-14(13)17(22)21-7-6-15-16(10-21)20-11-19-15/h3-5,9,11H,6-8,10H2,1-2H3,(H,19,20)/b5-4-,12-3-. The molecular weight excluding hydrogens is 276 g/mol. The molecule has 1 aromatic rings. The zero-order valence-corrected chi connectivity index (χ0v) is 13.0. The van der Waals surface area contributed by atoms with Gasteiger partial charge in [-0.1, -0.05) is 23.8 Å². The van der Waals surface area contributed by atoms with Gasteiger partial charge in [-0.05, 0) is 19.4 Å². The highest BCUT2D eigenvalue weighted by molar-refractivity contribution is 6.14. The van der Waals surface area contributed by atoms with Crippen LogP contribution in [-0.2, 0) is 17.8 Å². The van der Waals surface area contributed by atoms with Gasteiger partial charge in [-0.15, -0.1) is 0 Å². The van der Waals surface area contributed by atoms with E-state index in [2.05, 4.69) is 15.0 Å². The number of aromatic amines is 1. The quantitative estimate of drug-likeness (QED) is 0.869. The van der Waals surface area contributed by atoms with Crippen LogP contribution in [0.25, 0.3) is 0 Å². The van der Waals surface area contributed by atoms with E-state index in [9.17, 15) is 4.79 Å². The molecular formula is C17H20N4O. The number of nitrogens with one attached hydrogen (secondary N) is 1. The molecule has 0 radical (unpaired) electrons. The topological polar surface area (TPSA) is 61.4 Å². The van der Waals surface area contributed by atoms with Crippen LogP contribution in [0.4, 0.5) is 0 Å². The monoisotopic (exact) mass is 296 g/mol. The Morgan fingerprint density at radius 2 is 2.32 bits per heavy atom. The van der Waals surface area contributed by atoms with Crippen molar-refractivity contribution in [2.45, 2.75) is 26.8 Å². The maximum Gasteiger partial charge on any atom is 0.256 e. The first-order valence-corrected chi connectivity index (χ1v) is 7.53. The van der Waals surface area contributed by atoms with E-state index in [1.165, 1.54) is 5.57 Å². The van der Waals surface area contributed by atoms with E-state index in [1.807, 2.05) is 37.0 Å². The molecule has 0 spiro atoms. The molecule has 3 rings (SSSR count). The molecule has 22 heavy (non-hydrogen) atoms. The number of rotatable bonds is 3. The van der Waals surface area contributed by atoms with Gasteiger partial charge >= 0.3 is 0 Å². The number of carbonyl (C=O) groups is 1. The van der Waals surface area contributed by atoms with Gasteiger partial charge in [-0.2, -0.15) is 0 Å². The molecule has 5 nitrogen and oxygen atoms in total. The maximum absolute atomic E-state index is 12.8. The molecule has 0 aromatic carbocycles. The minimum Gasteiger partial charge on any atom is -0.347 e. The fourth-order valence-corrected chi connectivity index (χ4v) is 2.62. The van der Waals surface area contributed by atoms with Crippen LogP contribution < -0.4 is 0 Å². The molecule has 3 heterocycles. The first-order chi connectivity index (χ1) is 10.7. The van der Waals surface area contributed by atoms with E-state index in [-0.39, 0.29) is 5.91 Å². The lowest BCUT2D eigenvalue weighted by atomic mass is 10.1. The molecule has 1 amide bonds. The van der Waals surface area contributed by atoms with Crippen LogP contribution in [0.2, 0.25) is 0 Å². The number of H-pyrrole nitrogens is 1. The minimum atomic E-state index is 0.0549. The van der Waals surface area contributed by atoms with Crippen LogP contribution in [0, 0.1) is 0 Å². The smallest absolute Gasteiger partial charge is 0.256 e. The molecule has 0 saturated heterocycles. The normalized spacial score (nSPS) is 18.5. The number of hydrogen-bond donors (Lipinski definition) is 1. The number of nitrogens with zero attached hydrogens (tertiary/aromatic N) is 3. The van der Waals surface area contributed by atoms with Gasteiger partial charge in [0.2, 0.25) is 0 Å². The molecule has 0 saturated carbocycles. The Hall–Kier alpha value is -2.43. The van der Waals surface area contributed by atoms with E-state index in [4.69, 9.17) is 0 Å². The highest BCUT2D eigenvalue weighted by atomic mass is 16.2. The Kier molecular flexibility index (Phi) is 4.04. The molecule has 0 aliphatic carbocycles. The maximum atomic E-state index is 12.8. The van der Waals surface area contributed by atoms with Gasteiger partial charge in [0.05, 0.1) is 36.4 Å². The van der Waals surface area contributed by atoms with Crippen LogP contribution in [0.5, 0.6) is 0 Å². The molecule has 5 heteroatoms. The molecule has 1 N–H and O–H groups in total. The summed E-state index contributed by atoms with van der Waals surface area (Å²) in [7, 11) is 0. The van der Waals surface area contributed by atoms with Crippen molar-refractivity contribution in [3.8, 4) is 0 Å². The van der Waals surface area contributed by atoms with Crippen molar-refractivity contribution in [3.05, 3.63) is 52.7 Å². The van der Waals surface area contributed by atoms with Crippen molar-refractivity contribution in [3.63, 3.8) is 0 Å². The summed E-state index contributed by atoms with van der Waals surface area (Å²) in [6.45, 7) is 5.92. The van der Waals surface area contributed by atoms with Crippen molar-refractivity contribution in [2.24, 2.45) is 4.99 Å². The zero-order chi connectivity index (χ0) is 15.5. The summed E-state index contributed by atoms with van der Waals surface area (Å²) in [5.74, 6) is 0.0549. The predicted molar refractivity (Wildman–Crippen MR) is 86.7 cm³/mol. The first kappa shape index (κ1) is 14.5. The van der Waals surface area contributed by atoms with E-state index in [0.717, 1.165) is 23.4 Å². The lowest BCUT2D eigenvalue weighted by Crippen LogP contribution is -2.37. The second-order valence-electron chi connectivity index (χ2n) is 5.58. The minimum absolute atomic E-state index is 0.0549. The lowest BCUT2D eigenvalue weighted by Gasteiger charge is -2.26. The highest BCUT2D eigenvalue weighted by Gasteiger charge is 2.26. The summed E-state index contributed by atoms with van der Waals surface area (Å²) >= 11 is 0. The molecule has 0 fully saturated rings. The fourth-order valence-electron chi connectivity index (χ4n) is 2.62. The molecule has 0 bridgehead atoms. The van der Waals surface area contributed by atoms with Gasteiger partial charge in [0.1, 0.15) is 0 Å². The second kappa shape index (κ2) is 6.13. The van der Waals surface area contributed by atoms with Gasteiger partial charge in [0, 0.05) is 19.2 Å². The molecule has 0 unspecified atom stereocenters. The van der Waals surface area contributed by atoms with Gasteiger partial charge in [-0.3, -0.25) is 9.79 Å². The Balaban J connectivity index is 1.79. The van der Waals surface area contributed by atoms with Crippen molar-refractivity contribution >= 4 is 12.1 Å². The highest BCUT2D eigenvalue weighted by Crippen LogP contribution is 2.20. The summed E-state index contributed by atoms with van der Waals surface area (Å²) in [6.07, 6.45) is 10.3. The largest absolute Gasteiger partial charge is 0.347 e. The second-order valence-corrected chi connectivity index (χ2v) is 5.58. The summed E-state index contributed by atoms with van der Waals surface area (Å²) in [4.78, 5) is 26.3. The van der Waals surface area contributed by atoms with E-state index < -0.39 is 0 Å². The molecule has 2 aliphatic heterocycles. The number of aliphatic imine (C=N–C) groups is 1. The third kappa shape index (κ3) is 2.79. The number of amides is 1. The lowest BCUT2D eigenvalue weighted by molar-refractivity contribution is -0.127. The van der Waals surface area contributed by atoms with Gasteiger partial charge in [0.15, 0.2) is 0 Å². The predicted octanol–water partition coefficient (Wildman–Crippen LogP) is 2.20. The van der Waals surface area contributed by atoms with Crippen LogP contribution in [-0.4, -0.2) is 40.1 Å². The number of fused-ring (bicyclic) bond motifs is 1. The molecule has 1 aromatic heterocycles. The number of imidazole rings is 1. The van der Waals surface area contributed by atoms with Gasteiger partial charge in [-0.25, -0.2) is 4.98 Å². The zero-order valence-electron chi connectivity index (χ0n) is 13.0. The number of aromatic nitrogens is 2. The van der Waals surface area contributed by atoms with Crippen molar-refractivity contribution < 1.29 is 4.79 Å². The Labute approximate surface area is 130 Å². The summed E-state index contributed by atoms with van der Waals surface area (Å²) in [5, 5.41) is 0. The number of carbonyl (C=O) groups excluding carboxylic acids is 1. The van der Waals surface area contributed by atoms with Crippen LogP contribution >= 0.6 is 0 Å². The van der Waals surface area contributed by atoms with Crippen molar-refractivity contribution in [2.75, 3.05) is 13.1 Å². The first-order valence-electron chi connectivity index (χ1n) is 7.53. The van der Waals surface area contributed by atoms with E-state index in [0.29, 0.717) is 25.2 Å². The fraction of sp³-hybridized carbons (Fsp3) is 0.353. The van der Waals surface area contributed by atoms with Crippen LogP contribution in [0.15, 0.2) is 46.3 Å². The van der Waals surface area contributed by atoms with E-state index in [1.54, 1.807) is 12.5 Å². The SMILES string of the molecule is C/C=C(C)\C=C/C1=C(C(=O)N2CCc3nc[nH]c3C2)C=NC1. The van der Waals surface area contributed by atoms with E-state index >= 15 is 0 Å².